The summed E-state index contributed by atoms with van der Waals surface area (Å²) in [7, 11) is 0. The molecule has 0 saturated carbocycles. The fourth-order valence-electron chi connectivity index (χ4n) is 4.72. The van der Waals surface area contributed by atoms with Gasteiger partial charge in [0.05, 0.1) is 0 Å². The third-order valence-electron chi connectivity index (χ3n) is 6.96. The van der Waals surface area contributed by atoms with Crippen LogP contribution in [-0.2, 0) is 5.41 Å². The van der Waals surface area contributed by atoms with Crippen molar-refractivity contribution in [2.24, 2.45) is 0 Å². The molecule has 6 rings (SSSR count). The van der Waals surface area contributed by atoms with E-state index >= 15 is 0 Å². The maximum absolute atomic E-state index is 4.94. The van der Waals surface area contributed by atoms with Crippen LogP contribution in [0.15, 0.2) is 110 Å². The number of pyridine rings is 1. The van der Waals surface area contributed by atoms with Crippen LogP contribution >= 0.6 is 0 Å². The number of hydrogen-bond donors (Lipinski definition) is 0. The van der Waals surface area contributed by atoms with Crippen LogP contribution in [0.3, 0.4) is 0 Å². The van der Waals surface area contributed by atoms with Crippen molar-refractivity contribution in [2.45, 2.75) is 33.1 Å². The van der Waals surface area contributed by atoms with Gasteiger partial charge in [-0.05, 0) is 47.7 Å². The minimum Gasteiger partial charge on any atom is -0.300 e. The molecule has 3 aromatic heterocycles. The topological polar surface area (TPSA) is 69.4 Å². The largest absolute Gasteiger partial charge is 0.300 e. The van der Waals surface area contributed by atoms with Crippen LogP contribution in [0.25, 0.3) is 51.2 Å². The van der Waals surface area contributed by atoms with Crippen molar-refractivity contribution < 1.29 is 0 Å². The summed E-state index contributed by atoms with van der Waals surface area (Å²) >= 11 is 0. The molecule has 6 nitrogen and oxygen atoms in total. The SMILES string of the molecule is Cc1ccccc1-n1ccnc1-c1cccc(-c2nc(-c3ccc(C(C)(C)C)cc3)nc(-c3cccnc3)n2)c1. The molecule has 0 radical (unpaired) electrons. The van der Waals surface area contributed by atoms with Crippen molar-refractivity contribution >= 4 is 0 Å². The van der Waals surface area contributed by atoms with Crippen molar-refractivity contribution in [2.75, 3.05) is 0 Å². The summed E-state index contributed by atoms with van der Waals surface area (Å²) in [5, 5.41) is 0. The van der Waals surface area contributed by atoms with E-state index in [0.29, 0.717) is 17.5 Å². The zero-order valence-electron chi connectivity index (χ0n) is 23.1. The standard InChI is InChI=1S/C34H30N6/c1-23-9-5-6-13-29(23)40-20-19-36-33(40)26-11-7-10-25(21-26)31-37-30(24-14-16-28(17-15-24)34(2,3)4)38-32(39-31)27-12-8-18-35-22-27/h5-22H,1-4H3. The first-order valence-corrected chi connectivity index (χ1v) is 13.3. The van der Waals surface area contributed by atoms with Gasteiger partial charge in [-0.2, -0.15) is 0 Å². The summed E-state index contributed by atoms with van der Waals surface area (Å²) in [5.41, 5.74) is 7.24. The first kappa shape index (κ1) is 25.3. The van der Waals surface area contributed by atoms with Crippen molar-refractivity contribution in [1.29, 1.82) is 0 Å². The fourth-order valence-corrected chi connectivity index (χ4v) is 4.72. The Balaban J connectivity index is 1.46. The summed E-state index contributed by atoms with van der Waals surface area (Å²) in [6.45, 7) is 8.73. The van der Waals surface area contributed by atoms with Crippen LogP contribution < -0.4 is 0 Å². The second-order valence-corrected chi connectivity index (χ2v) is 10.9. The maximum atomic E-state index is 4.94. The number of nitrogens with zero attached hydrogens (tertiary/aromatic N) is 6. The van der Waals surface area contributed by atoms with Crippen molar-refractivity contribution in [3.8, 4) is 51.2 Å². The Labute approximate surface area is 234 Å². The Morgan fingerprint density at radius 3 is 2.00 bits per heavy atom. The highest BCUT2D eigenvalue weighted by Gasteiger charge is 2.17. The molecular weight excluding hydrogens is 492 g/mol. The monoisotopic (exact) mass is 522 g/mol. The van der Waals surface area contributed by atoms with Crippen molar-refractivity contribution in [3.05, 3.63) is 121 Å². The molecule has 196 valence electrons. The minimum absolute atomic E-state index is 0.0636. The smallest absolute Gasteiger partial charge is 0.165 e. The van der Waals surface area contributed by atoms with Crippen LogP contribution in [0, 0.1) is 6.92 Å². The Hall–Kier alpha value is -4.97. The minimum atomic E-state index is 0.0636. The highest BCUT2D eigenvalue weighted by molar-refractivity contribution is 5.71. The number of aryl methyl sites for hydroxylation is 1. The summed E-state index contributed by atoms with van der Waals surface area (Å²) < 4.78 is 2.12. The van der Waals surface area contributed by atoms with Crippen LogP contribution in [0.1, 0.15) is 31.9 Å². The Morgan fingerprint density at radius 1 is 0.625 bits per heavy atom. The molecule has 0 amide bonds. The molecule has 0 atom stereocenters. The van der Waals surface area contributed by atoms with Crippen molar-refractivity contribution in [1.82, 2.24) is 29.5 Å². The molecular formula is C34H30N6. The molecule has 0 aliphatic carbocycles. The average molecular weight is 523 g/mol. The van der Waals surface area contributed by atoms with E-state index in [1.807, 2.05) is 48.8 Å². The third-order valence-corrected chi connectivity index (χ3v) is 6.96. The predicted octanol–water partition coefficient (Wildman–Crippen LogP) is 7.73. The van der Waals surface area contributed by atoms with Gasteiger partial charge >= 0.3 is 0 Å². The van der Waals surface area contributed by atoms with Crippen LogP contribution in [0.5, 0.6) is 0 Å². The number of rotatable bonds is 5. The molecule has 0 spiro atoms. The Kier molecular flexibility index (Phi) is 6.52. The molecule has 0 aliphatic heterocycles. The van der Waals surface area contributed by atoms with E-state index in [1.54, 1.807) is 12.4 Å². The molecule has 0 N–H and O–H groups in total. The van der Waals surface area contributed by atoms with Gasteiger partial charge in [0.15, 0.2) is 17.5 Å². The van der Waals surface area contributed by atoms with Crippen LogP contribution in [-0.4, -0.2) is 29.5 Å². The zero-order valence-corrected chi connectivity index (χ0v) is 23.1. The number of aromatic nitrogens is 6. The quantitative estimate of drug-likeness (QED) is 0.232. The molecule has 3 aromatic carbocycles. The van der Waals surface area contributed by atoms with Gasteiger partial charge in [-0.25, -0.2) is 19.9 Å². The van der Waals surface area contributed by atoms with E-state index in [0.717, 1.165) is 33.8 Å². The summed E-state index contributed by atoms with van der Waals surface area (Å²) in [6, 6.07) is 28.8. The van der Waals surface area contributed by atoms with Gasteiger partial charge in [-0.3, -0.25) is 9.55 Å². The highest BCUT2D eigenvalue weighted by atomic mass is 15.1. The van der Waals surface area contributed by atoms with E-state index in [4.69, 9.17) is 19.9 Å². The highest BCUT2D eigenvalue weighted by Crippen LogP contribution is 2.30. The Morgan fingerprint density at radius 2 is 1.30 bits per heavy atom. The fraction of sp³-hybridized carbons (Fsp3) is 0.147. The molecule has 0 aliphatic rings. The van der Waals surface area contributed by atoms with Gasteiger partial charge in [0.2, 0.25) is 0 Å². The van der Waals surface area contributed by atoms with Gasteiger partial charge in [-0.1, -0.05) is 81.4 Å². The van der Waals surface area contributed by atoms with E-state index in [1.165, 1.54) is 11.1 Å². The van der Waals surface area contributed by atoms with Crippen LogP contribution in [0.2, 0.25) is 0 Å². The lowest BCUT2D eigenvalue weighted by Gasteiger charge is -2.19. The Bertz CT molecular complexity index is 1780. The summed E-state index contributed by atoms with van der Waals surface area (Å²) in [4.78, 5) is 23.7. The molecule has 40 heavy (non-hydrogen) atoms. The van der Waals surface area contributed by atoms with E-state index in [-0.39, 0.29) is 5.41 Å². The van der Waals surface area contributed by atoms with Gasteiger partial charge in [-0.15, -0.1) is 0 Å². The first-order chi connectivity index (χ1) is 19.4. The lowest BCUT2D eigenvalue weighted by molar-refractivity contribution is 0.590. The summed E-state index contributed by atoms with van der Waals surface area (Å²) in [6.07, 6.45) is 7.35. The zero-order chi connectivity index (χ0) is 27.7. The first-order valence-electron chi connectivity index (χ1n) is 13.3. The molecule has 0 saturated heterocycles. The predicted molar refractivity (Wildman–Crippen MR) is 160 cm³/mol. The maximum Gasteiger partial charge on any atom is 0.165 e. The van der Waals surface area contributed by atoms with Crippen molar-refractivity contribution in [3.63, 3.8) is 0 Å². The van der Waals surface area contributed by atoms with Gasteiger partial charge in [0.25, 0.3) is 0 Å². The number of para-hydroxylation sites is 1. The third kappa shape index (κ3) is 5.04. The molecule has 6 aromatic rings. The van der Waals surface area contributed by atoms with E-state index in [9.17, 15) is 0 Å². The normalized spacial score (nSPS) is 11.5. The molecule has 6 heteroatoms. The number of benzene rings is 3. The molecule has 0 fully saturated rings. The van der Waals surface area contributed by atoms with Gasteiger partial charge < -0.3 is 0 Å². The average Bonchev–Trinajstić information content (AvgIpc) is 3.47. The second kappa shape index (κ2) is 10.3. The summed E-state index contributed by atoms with van der Waals surface area (Å²) in [5.74, 6) is 2.66. The number of imidazole rings is 1. The molecule has 0 bridgehead atoms. The van der Waals surface area contributed by atoms with E-state index < -0.39 is 0 Å². The second-order valence-electron chi connectivity index (χ2n) is 10.9. The molecule has 0 unspecified atom stereocenters. The van der Waals surface area contributed by atoms with Gasteiger partial charge in [0.1, 0.15) is 5.82 Å². The lowest BCUT2D eigenvalue weighted by atomic mass is 9.87. The lowest BCUT2D eigenvalue weighted by Crippen LogP contribution is -2.10. The molecule has 3 heterocycles. The van der Waals surface area contributed by atoms with E-state index in [2.05, 4.69) is 85.8 Å². The number of hydrogen-bond acceptors (Lipinski definition) is 5. The van der Waals surface area contributed by atoms with Crippen LogP contribution in [0.4, 0.5) is 0 Å². The van der Waals surface area contributed by atoms with Gasteiger partial charge in [0, 0.05) is 52.7 Å².